The molecule has 56 heavy (non-hydrogen) atoms. The molecule has 2 aromatic rings. The van der Waals surface area contributed by atoms with Crippen molar-refractivity contribution in [1.82, 2.24) is 20.4 Å². The van der Waals surface area contributed by atoms with Gasteiger partial charge in [-0.2, -0.15) is 0 Å². The molecule has 1 aliphatic rings. The Kier molecular flexibility index (Phi) is 19.1. The summed E-state index contributed by atoms with van der Waals surface area (Å²) in [6.07, 6.45) is 1.31. The Morgan fingerprint density at radius 2 is 1.50 bits per heavy atom. The first-order chi connectivity index (χ1) is 26.3. The van der Waals surface area contributed by atoms with Gasteiger partial charge in [-0.3, -0.25) is 19.2 Å². The molecule has 1 aliphatic heterocycles. The van der Waals surface area contributed by atoms with Crippen LogP contribution in [-0.2, 0) is 44.6 Å². The zero-order chi connectivity index (χ0) is 42.2. The van der Waals surface area contributed by atoms with Gasteiger partial charge in [0.2, 0.25) is 23.6 Å². The molecule has 4 N–H and O–H groups in total. The minimum Gasteiger partial charge on any atom is -0.458 e. The molecule has 2 aromatic carbocycles. The molecule has 13 nitrogen and oxygen atoms in total. The molecule has 0 saturated carbocycles. The smallest absolute Gasteiger partial charge is 0.329 e. The summed E-state index contributed by atoms with van der Waals surface area (Å²) in [5, 5.41) is 5.50. The zero-order valence-corrected chi connectivity index (χ0v) is 35.4. The van der Waals surface area contributed by atoms with E-state index in [1.165, 1.54) is 25.5 Å². The normalized spacial score (nSPS) is 16.9. The third-order valence-corrected chi connectivity index (χ3v) is 9.44. The van der Waals surface area contributed by atoms with Crippen LogP contribution in [0.3, 0.4) is 0 Å². The van der Waals surface area contributed by atoms with Crippen molar-refractivity contribution < 1.29 is 38.2 Å². The summed E-state index contributed by atoms with van der Waals surface area (Å²) < 4.78 is 17.5. The molecule has 6 unspecified atom stereocenters. The predicted octanol–water partition coefficient (Wildman–Crippen LogP) is 4.57. The summed E-state index contributed by atoms with van der Waals surface area (Å²) in [4.78, 5) is 70.2. The molecule has 3 rings (SSSR count). The number of nitrogens with zero attached hydrogens (tertiary/aromatic N) is 2. The van der Waals surface area contributed by atoms with Crippen LogP contribution in [0.15, 0.2) is 60.7 Å². The molecule has 4 amide bonds. The maximum absolute atomic E-state index is 14.1. The molecule has 0 aliphatic carbocycles. The van der Waals surface area contributed by atoms with Crippen LogP contribution in [0.25, 0.3) is 0 Å². The Bertz CT molecular complexity index is 1540. The lowest BCUT2D eigenvalue weighted by Gasteiger charge is -2.37. The van der Waals surface area contributed by atoms with Crippen LogP contribution in [0, 0.1) is 5.92 Å². The molecular weight excluding hydrogens is 714 g/mol. The number of likely N-dealkylation sites (N-methyl/N-ethyl adjacent to an activating group) is 1. The fourth-order valence-corrected chi connectivity index (χ4v) is 6.62. The van der Waals surface area contributed by atoms with Crippen LogP contribution in [0.4, 0.5) is 0 Å². The van der Waals surface area contributed by atoms with Crippen molar-refractivity contribution in [3.8, 4) is 0 Å². The van der Waals surface area contributed by atoms with Gasteiger partial charge >= 0.3 is 5.97 Å². The molecule has 0 bridgehead atoms. The summed E-state index contributed by atoms with van der Waals surface area (Å²) in [6.45, 7) is 14.6. The second-order valence-corrected chi connectivity index (χ2v) is 16.0. The van der Waals surface area contributed by atoms with Crippen molar-refractivity contribution in [2.45, 2.75) is 129 Å². The fourth-order valence-electron chi connectivity index (χ4n) is 6.62. The molecule has 13 heteroatoms. The van der Waals surface area contributed by atoms with Gasteiger partial charge in [0.25, 0.3) is 0 Å². The third kappa shape index (κ3) is 14.6. The van der Waals surface area contributed by atoms with E-state index in [1.807, 2.05) is 60.7 Å². The van der Waals surface area contributed by atoms with E-state index in [0.29, 0.717) is 19.4 Å². The number of amides is 4. The van der Waals surface area contributed by atoms with Crippen LogP contribution in [0.1, 0.15) is 98.2 Å². The molecule has 6 atom stereocenters. The van der Waals surface area contributed by atoms with Crippen molar-refractivity contribution in [2.75, 3.05) is 34.4 Å². The van der Waals surface area contributed by atoms with Crippen LogP contribution in [-0.4, -0.2) is 109 Å². The van der Waals surface area contributed by atoms with E-state index in [2.05, 4.69) is 24.5 Å². The Morgan fingerprint density at radius 3 is 2.02 bits per heavy atom. The largest absolute Gasteiger partial charge is 0.458 e. The standard InChI is InChI=1S/C40H59N5O8.C3H8/c1-26(36(48)43-29(37(49)53-39(2,3)4)23-27-17-12-10-13-18-27)35(52-9)30-21-16-22-45(30)32(46)24-31(51-8)34(28-19-14-11-15-20-28)44(7)33(47)25-42-38(50)40(5,6)41;1-3-2/h10-15,17-20,26,29-31,34-35H,16,21-25,41H2,1-9H3,(H,42,50)(H,43,48);3H2,1-2H3. The van der Waals surface area contributed by atoms with Gasteiger partial charge in [-0.05, 0) is 58.6 Å². The average Bonchev–Trinajstić information content (AvgIpc) is 3.63. The van der Waals surface area contributed by atoms with Gasteiger partial charge in [-0.25, -0.2) is 4.79 Å². The number of carbonyl (C=O) groups excluding carboxylic acids is 5. The molecule has 0 radical (unpaired) electrons. The third-order valence-electron chi connectivity index (χ3n) is 9.44. The number of hydrogen-bond donors (Lipinski definition) is 3. The van der Waals surface area contributed by atoms with Crippen LogP contribution < -0.4 is 16.4 Å². The van der Waals surface area contributed by atoms with Gasteiger partial charge in [0, 0.05) is 34.2 Å². The zero-order valence-electron chi connectivity index (χ0n) is 35.4. The van der Waals surface area contributed by atoms with E-state index < -0.39 is 65.2 Å². The molecule has 1 heterocycles. The summed E-state index contributed by atoms with van der Waals surface area (Å²) in [5.41, 5.74) is 5.59. The average molecular weight is 782 g/mol. The number of likely N-dealkylation sites (tertiary alicyclic amines) is 1. The molecule has 1 fully saturated rings. The first kappa shape index (κ1) is 47.8. The lowest BCUT2D eigenvalue weighted by Crippen LogP contribution is -2.53. The Balaban J connectivity index is 0.00000349. The van der Waals surface area contributed by atoms with E-state index in [9.17, 15) is 24.0 Å². The van der Waals surface area contributed by atoms with Crippen molar-refractivity contribution in [3.05, 3.63) is 71.8 Å². The van der Waals surface area contributed by atoms with E-state index >= 15 is 0 Å². The Labute approximate surface area is 334 Å². The topological polar surface area (TPSA) is 170 Å². The number of benzene rings is 2. The van der Waals surface area contributed by atoms with Gasteiger partial charge in [0.1, 0.15) is 11.6 Å². The second-order valence-electron chi connectivity index (χ2n) is 16.0. The van der Waals surface area contributed by atoms with Gasteiger partial charge < -0.3 is 40.4 Å². The highest BCUT2D eigenvalue weighted by Gasteiger charge is 2.42. The first-order valence-electron chi connectivity index (χ1n) is 19.6. The number of methoxy groups -OCH3 is 2. The quantitative estimate of drug-likeness (QED) is 0.195. The van der Waals surface area contributed by atoms with E-state index in [0.717, 1.165) is 11.1 Å². The van der Waals surface area contributed by atoms with Gasteiger partial charge in [-0.1, -0.05) is 87.9 Å². The number of esters is 1. The van der Waals surface area contributed by atoms with E-state index in [4.69, 9.17) is 19.9 Å². The number of rotatable bonds is 17. The molecular formula is C43H67N5O8. The first-order valence-corrected chi connectivity index (χ1v) is 19.6. The summed E-state index contributed by atoms with van der Waals surface area (Å²) >= 11 is 0. The van der Waals surface area contributed by atoms with Gasteiger partial charge in [0.15, 0.2) is 0 Å². The fraction of sp³-hybridized carbons (Fsp3) is 0.605. The van der Waals surface area contributed by atoms with E-state index in [-0.39, 0.29) is 31.2 Å². The Hall–Kier alpha value is -4.33. The van der Waals surface area contributed by atoms with Crippen molar-refractivity contribution in [2.24, 2.45) is 11.7 Å². The summed E-state index contributed by atoms with van der Waals surface area (Å²) in [5.74, 6) is -2.74. The molecule has 1 saturated heterocycles. The van der Waals surface area contributed by atoms with Crippen LogP contribution >= 0.6 is 0 Å². The number of hydrogen-bond acceptors (Lipinski definition) is 9. The SMILES string of the molecule is CCC.COC(CC(=O)N1CCCC1C(OC)C(C)C(=O)NC(Cc1ccccc1)C(=O)OC(C)(C)C)C(c1ccccc1)N(C)C(=O)CNC(=O)C(C)(C)N. The maximum Gasteiger partial charge on any atom is 0.329 e. The highest BCUT2D eigenvalue weighted by molar-refractivity contribution is 5.90. The van der Waals surface area contributed by atoms with E-state index in [1.54, 1.807) is 53.5 Å². The highest BCUT2D eigenvalue weighted by Crippen LogP contribution is 2.31. The number of carbonyl (C=O) groups is 5. The van der Waals surface area contributed by atoms with Crippen LogP contribution in [0.5, 0.6) is 0 Å². The molecule has 312 valence electrons. The Morgan fingerprint density at radius 1 is 0.929 bits per heavy atom. The minimum atomic E-state index is -1.16. The monoisotopic (exact) mass is 781 g/mol. The number of ether oxygens (including phenoxy) is 3. The molecule has 0 aromatic heterocycles. The minimum absolute atomic E-state index is 0.0683. The van der Waals surface area contributed by atoms with Gasteiger partial charge in [-0.15, -0.1) is 0 Å². The lowest BCUT2D eigenvalue weighted by atomic mass is 9.93. The summed E-state index contributed by atoms with van der Waals surface area (Å²) in [7, 11) is 4.62. The number of nitrogens with one attached hydrogen (secondary N) is 2. The number of nitrogens with two attached hydrogens (primary N) is 1. The highest BCUT2D eigenvalue weighted by atomic mass is 16.6. The van der Waals surface area contributed by atoms with Crippen molar-refractivity contribution in [3.63, 3.8) is 0 Å². The van der Waals surface area contributed by atoms with Crippen molar-refractivity contribution in [1.29, 1.82) is 0 Å². The predicted molar refractivity (Wildman–Crippen MR) is 217 cm³/mol. The van der Waals surface area contributed by atoms with Crippen molar-refractivity contribution >= 4 is 29.6 Å². The maximum atomic E-state index is 14.1. The summed E-state index contributed by atoms with van der Waals surface area (Å²) in [6, 6.07) is 16.6. The second kappa shape index (κ2) is 22.4. The van der Waals surface area contributed by atoms with Crippen LogP contribution in [0.2, 0.25) is 0 Å². The molecule has 0 spiro atoms. The lowest BCUT2D eigenvalue weighted by molar-refractivity contribution is -0.159. The van der Waals surface area contributed by atoms with Gasteiger partial charge in [0.05, 0.1) is 48.7 Å².